The van der Waals surface area contributed by atoms with E-state index in [4.69, 9.17) is 4.74 Å². The van der Waals surface area contributed by atoms with Crippen molar-refractivity contribution in [2.75, 3.05) is 6.61 Å². The van der Waals surface area contributed by atoms with Crippen molar-refractivity contribution in [1.29, 1.82) is 0 Å². The van der Waals surface area contributed by atoms with Crippen LogP contribution in [0.4, 0.5) is 0 Å². The van der Waals surface area contributed by atoms with E-state index in [0.717, 1.165) is 17.4 Å². The quantitative estimate of drug-likeness (QED) is 0.865. The minimum absolute atomic E-state index is 0.158. The summed E-state index contributed by atoms with van der Waals surface area (Å²) in [5.74, 6) is 2.47. The zero-order chi connectivity index (χ0) is 16.7. The molecule has 1 N–H and O–H groups in total. The average molecular weight is 327 g/mol. The van der Waals surface area contributed by atoms with Gasteiger partial charge < -0.3 is 10.1 Å². The normalized spacial score (nSPS) is 33.3. The van der Waals surface area contributed by atoms with E-state index in [2.05, 4.69) is 5.32 Å². The van der Waals surface area contributed by atoms with Crippen LogP contribution in [0.2, 0.25) is 0 Å². The van der Waals surface area contributed by atoms with Gasteiger partial charge in [-0.3, -0.25) is 4.79 Å². The molecule has 0 aliphatic heterocycles. The number of rotatable bonds is 4. The molecule has 4 bridgehead atoms. The first kappa shape index (κ1) is 15.7. The van der Waals surface area contributed by atoms with Crippen LogP contribution < -0.4 is 5.32 Å². The highest BCUT2D eigenvalue weighted by Crippen LogP contribution is 2.53. The average Bonchev–Trinajstić information content (AvgIpc) is 2.56. The van der Waals surface area contributed by atoms with E-state index in [1.54, 1.807) is 12.1 Å². The fourth-order valence-electron chi connectivity index (χ4n) is 5.40. The van der Waals surface area contributed by atoms with Crippen molar-refractivity contribution >= 4 is 11.9 Å². The number of carbonyl (C=O) groups excluding carboxylic acids is 2. The van der Waals surface area contributed by atoms with Crippen molar-refractivity contribution < 1.29 is 14.3 Å². The Morgan fingerprint density at radius 2 is 1.67 bits per heavy atom. The lowest BCUT2D eigenvalue weighted by Gasteiger charge is -2.54. The molecule has 4 heteroatoms. The predicted molar refractivity (Wildman–Crippen MR) is 90.4 cm³/mol. The number of benzene rings is 1. The Morgan fingerprint density at radius 3 is 2.29 bits per heavy atom. The maximum Gasteiger partial charge on any atom is 0.338 e. The van der Waals surface area contributed by atoms with Gasteiger partial charge in [0.2, 0.25) is 0 Å². The molecule has 4 aliphatic rings. The van der Waals surface area contributed by atoms with Gasteiger partial charge in [0, 0.05) is 6.04 Å². The van der Waals surface area contributed by atoms with Crippen LogP contribution in [0.5, 0.6) is 0 Å². The molecule has 4 aliphatic carbocycles. The smallest absolute Gasteiger partial charge is 0.338 e. The molecular formula is C20H25NO3. The van der Waals surface area contributed by atoms with Gasteiger partial charge in [0.25, 0.3) is 5.91 Å². The highest BCUT2D eigenvalue weighted by Gasteiger charge is 2.48. The molecule has 4 saturated carbocycles. The number of amides is 1. The summed E-state index contributed by atoms with van der Waals surface area (Å²) in [6, 6.07) is 7.57. The van der Waals surface area contributed by atoms with E-state index in [-0.39, 0.29) is 12.5 Å². The molecule has 0 spiro atoms. The molecule has 0 saturated heterocycles. The van der Waals surface area contributed by atoms with E-state index < -0.39 is 5.97 Å². The first-order valence-corrected chi connectivity index (χ1v) is 9.12. The Morgan fingerprint density at radius 1 is 1.04 bits per heavy atom. The van der Waals surface area contributed by atoms with Gasteiger partial charge in [-0.2, -0.15) is 0 Å². The van der Waals surface area contributed by atoms with Crippen LogP contribution in [-0.2, 0) is 9.53 Å². The van der Waals surface area contributed by atoms with Gasteiger partial charge in [0.15, 0.2) is 6.61 Å². The second-order valence-corrected chi connectivity index (χ2v) is 7.92. The lowest BCUT2D eigenvalue weighted by molar-refractivity contribution is -0.128. The molecule has 0 heterocycles. The molecule has 4 nitrogen and oxygen atoms in total. The van der Waals surface area contributed by atoms with Crippen LogP contribution in [0, 0.1) is 30.6 Å². The number of ether oxygens (including phenoxy) is 1. The number of carbonyl (C=O) groups is 2. The van der Waals surface area contributed by atoms with Crippen LogP contribution in [0.25, 0.3) is 0 Å². The van der Waals surface area contributed by atoms with Gasteiger partial charge in [-0.05, 0) is 74.3 Å². The SMILES string of the molecule is Cc1ccccc1C(=O)OCC(=O)NC1C2CC3CC(C2)CC1C3. The maximum atomic E-state index is 12.3. The third-order valence-electron chi connectivity index (χ3n) is 6.25. The monoisotopic (exact) mass is 327 g/mol. The Hall–Kier alpha value is -1.84. The summed E-state index contributed by atoms with van der Waals surface area (Å²) in [4.78, 5) is 24.4. The highest BCUT2D eigenvalue weighted by atomic mass is 16.5. The minimum Gasteiger partial charge on any atom is -0.452 e. The molecule has 0 radical (unpaired) electrons. The molecular weight excluding hydrogens is 302 g/mol. The topological polar surface area (TPSA) is 55.4 Å². The summed E-state index contributed by atoms with van der Waals surface area (Å²) in [6.45, 7) is 1.68. The zero-order valence-electron chi connectivity index (χ0n) is 14.2. The first-order chi connectivity index (χ1) is 11.6. The number of aryl methyl sites for hydroxylation is 1. The number of hydrogen-bond acceptors (Lipinski definition) is 3. The van der Waals surface area contributed by atoms with Crippen LogP contribution in [0.15, 0.2) is 24.3 Å². The van der Waals surface area contributed by atoms with E-state index in [1.165, 1.54) is 32.1 Å². The van der Waals surface area contributed by atoms with Crippen molar-refractivity contribution in [3.8, 4) is 0 Å². The maximum absolute atomic E-state index is 12.3. The summed E-state index contributed by atoms with van der Waals surface area (Å²) in [5.41, 5.74) is 1.39. The predicted octanol–water partition coefficient (Wildman–Crippen LogP) is 3.09. The van der Waals surface area contributed by atoms with E-state index in [1.807, 2.05) is 19.1 Å². The lowest BCUT2D eigenvalue weighted by Crippen LogP contribution is -2.56. The van der Waals surface area contributed by atoms with E-state index >= 15 is 0 Å². The minimum atomic E-state index is -0.423. The van der Waals surface area contributed by atoms with Crippen LogP contribution in [-0.4, -0.2) is 24.5 Å². The number of esters is 1. The van der Waals surface area contributed by atoms with Crippen LogP contribution >= 0.6 is 0 Å². The standard InChI is InChI=1S/C20H25NO3/c1-12-4-2-3-5-17(12)20(23)24-11-18(22)21-19-15-7-13-6-14(9-15)10-16(19)8-13/h2-5,13-16,19H,6-11H2,1H3,(H,21,22). The summed E-state index contributed by atoms with van der Waals surface area (Å²) in [6.07, 6.45) is 6.46. The molecule has 0 aromatic heterocycles. The van der Waals surface area contributed by atoms with Crippen LogP contribution in [0.1, 0.15) is 48.0 Å². The van der Waals surface area contributed by atoms with Gasteiger partial charge in [-0.25, -0.2) is 4.79 Å². The second kappa shape index (κ2) is 6.23. The van der Waals surface area contributed by atoms with Gasteiger partial charge >= 0.3 is 5.97 Å². The Kier molecular flexibility index (Phi) is 4.07. The Bertz CT molecular complexity index is 626. The summed E-state index contributed by atoms with van der Waals surface area (Å²) in [5, 5.41) is 3.17. The Balaban J connectivity index is 1.31. The van der Waals surface area contributed by atoms with Crippen molar-refractivity contribution in [3.63, 3.8) is 0 Å². The van der Waals surface area contributed by atoms with Crippen molar-refractivity contribution in [2.45, 2.75) is 45.1 Å². The van der Waals surface area contributed by atoms with Gasteiger partial charge in [-0.15, -0.1) is 0 Å². The highest BCUT2D eigenvalue weighted by molar-refractivity contribution is 5.92. The second-order valence-electron chi connectivity index (χ2n) is 7.92. The number of nitrogens with one attached hydrogen (secondary N) is 1. The summed E-state index contributed by atoms with van der Waals surface area (Å²) in [7, 11) is 0. The van der Waals surface area contributed by atoms with Crippen LogP contribution in [0.3, 0.4) is 0 Å². The fraction of sp³-hybridized carbons (Fsp3) is 0.600. The fourth-order valence-corrected chi connectivity index (χ4v) is 5.40. The zero-order valence-corrected chi connectivity index (χ0v) is 14.2. The lowest BCUT2D eigenvalue weighted by atomic mass is 9.54. The molecule has 4 fully saturated rings. The van der Waals surface area contributed by atoms with Gasteiger partial charge in [0.1, 0.15) is 0 Å². The van der Waals surface area contributed by atoms with Crippen molar-refractivity contribution in [3.05, 3.63) is 35.4 Å². The van der Waals surface area contributed by atoms with Crippen molar-refractivity contribution in [1.82, 2.24) is 5.32 Å². The van der Waals surface area contributed by atoms with E-state index in [0.29, 0.717) is 23.4 Å². The largest absolute Gasteiger partial charge is 0.452 e. The first-order valence-electron chi connectivity index (χ1n) is 9.12. The molecule has 128 valence electrons. The summed E-state index contributed by atoms with van der Waals surface area (Å²) < 4.78 is 5.21. The Labute approximate surface area is 143 Å². The molecule has 1 amide bonds. The van der Waals surface area contributed by atoms with Gasteiger partial charge in [-0.1, -0.05) is 18.2 Å². The summed E-state index contributed by atoms with van der Waals surface area (Å²) >= 11 is 0. The van der Waals surface area contributed by atoms with Crippen molar-refractivity contribution in [2.24, 2.45) is 23.7 Å². The number of hydrogen-bond donors (Lipinski definition) is 1. The third kappa shape index (κ3) is 2.94. The van der Waals surface area contributed by atoms with E-state index in [9.17, 15) is 9.59 Å². The third-order valence-corrected chi connectivity index (χ3v) is 6.25. The van der Waals surface area contributed by atoms with Gasteiger partial charge in [0.05, 0.1) is 5.56 Å². The molecule has 1 aromatic rings. The molecule has 1 aromatic carbocycles. The molecule has 0 unspecified atom stereocenters. The molecule has 5 rings (SSSR count). The molecule has 0 atom stereocenters. The molecule has 24 heavy (non-hydrogen) atoms.